The van der Waals surface area contributed by atoms with E-state index in [4.69, 9.17) is 9.47 Å². The van der Waals surface area contributed by atoms with Crippen LogP contribution in [0.1, 0.15) is 41.0 Å². The maximum absolute atomic E-state index is 11.6. The molecule has 0 saturated carbocycles. The molecule has 0 amide bonds. The fourth-order valence-corrected chi connectivity index (χ4v) is 2.95. The van der Waals surface area contributed by atoms with Gasteiger partial charge in [-0.1, -0.05) is 13.8 Å². The molecule has 3 N–H and O–H groups in total. The van der Waals surface area contributed by atoms with E-state index in [-0.39, 0.29) is 18.4 Å². The third-order valence-electron chi connectivity index (χ3n) is 3.78. The minimum Gasteiger partial charge on any atom is -0.491 e. The van der Waals surface area contributed by atoms with Crippen LogP contribution in [0.5, 0.6) is 5.75 Å². The first-order valence-electron chi connectivity index (χ1n) is 10.6. The Bertz CT molecular complexity index is 719. The van der Waals surface area contributed by atoms with Gasteiger partial charge in [-0.15, -0.1) is 0 Å². The van der Waals surface area contributed by atoms with Crippen molar-refractivity contribution in [2.24, 2.45) is 10.9 Å². The quantitative estimate of drug-likeness (QED) is 0.233. The molecule has 0 fully saturated rings. The topological polar surface area (TPSA) is 101 Å². The highest BCUT2D eigenvalue weighted by molar-refractivity contribution is 7.89. The summed E-state index contributed by atoms with van der Waals surface area (Å²) in [5.41, 5.74) is 0.863. The second kappa shape index (κ2) is 14.2. The second-order valence-corrected chi connectivity index (χ2v) is 9.69. The molecule has 8 nitrogen and oxygen atoms in total. The summed E-state index contributed by atoms with van der Waals surface area (Å²) in [4.78, 5) is 4.57. The number of ether oxygens (including phenoxy) is 2. The van der Waals surface area contributed by atoms with Crippen molar-refractivity contribution < 1.29 is 17.9 Å². The molecule has 172 valence electrons. The zero-order valence-corrected chi connectivity index (χ0v) is 19.7. The van der Waals surface area contributed by atoms with Gasteiger partial charge in [0.1, 0.15) is 5.75 Å². The van der Waals surface area contributed by atoms with Gasteiger partial charge in [0.15, 0.2) is 5.96 Å². The molecule has 0 aliphatic heterocycles. The molecule has 0 radical (unpaired) electrons. The van der Waals surface area contributed by atoms with Crippen molar-refractivity contribution >= 4 is 21.7 Å². The van der Waals surface area contributed by atoms with Crippen LogP contribution < -0.4 is 20.1 Å². The first-order valence-corrected chi connectivity index (χ1v) is 12.2. The molecule has 0 aliphatic carbocycles. The molecule has 1 aromatic carbocycles. The number of aliphatic imine (C=N–C) groups is 1. The van der Waals surface area contributed by atoms with Gasteiger partial charge in [0.05, 0.1) is 11.9 Å². The van der Waals surface area contributed by atoms with Crippen molar-refractivity contribution in [1.82, 2.24) is 10.0 Å². The maximum Gasteiger partial charge on any atom is 0.211 e. The molecule has 30 heavy (non-hydrogen) atoms. The van der Waals surface area contributed by atoms with Crippen molar-refractivity contribution in [3.8, 4) is 5.75 Å². The van der Waals surface area contributed by atoms with Crippen LogP contribution >= 0.6 is 0 Å². The average molecular weight is 443 g/mol. The number of sulfonamides is 1. The lowest BCUT2D eigenvalue weighted by Gasteiger charge is -2.14. The van der Waals surface area contributed by atoms with Gasteiger partial charge in [0, 0.05) is 38.5 Å². The standard InChI is InChI=1S/C21H38N4O4S/c1-6-30(26,27)24-14-13-23-21(22-12-7-15-28-16-17(2)3)25-19-8-10-20(11-9-19)29-18(4)5/h8-11,17-18,24H,6-7,12-16H2,1-5H3,(H2,22,23,25). The van der Waals surface area contributed by atoms with E-state index in [0.717, 1.165) is 24.5 Å². The lowest BCUT2D eigenvalue weighted by molar-refractivity contribution is 0.109. The largest absolute Gasteiger partial charge is 0.491 e. The number of guanidine groups is 1. The molecule has 0 atom stereocenters. The molecule has 0 spiro atoms. The van der Waals surface area contributed by atoms with Crippen molar-refractivity contribution in [2.75, 3.05) is 43.9 Å². The molecule has 1 rings (SSSR count). The summed E-state index contributed by atoms with van der Waals surface area (Å²) in [5, 5.41) is 6.41. The highest BCUT2D eigenvalue weighted by Gasteiger charge is 2.06. The molecule has 0 unspecified atom stereocenters. The van der Waals surface area contributed by atoms with Crippen molar-refractivity contribution in [3.63, 3.8) is 0 Å². The number of benzene rings is 1. The van der Waals surface area contributed by atoms with Gasteiger partial charge in [0.2, 0.25) is 10.0 Å². The van der Waals surface area contributed by atoms with E-state index < -0.39 is 10.0 Å². The minimum atomic E-state index is -3.21. The fourth-order valence-electron chi connectivity index (χ4n) is 2.33. The molecule has 0 aromatic heterocycles. The number of anilines is 1. The highest BCUT2D eigenvalue weighted by atomic mass is 32.2. The summed E-state index contributed by atoms with van der Waals surface area (Å²) in [6.45, 7) is 12.5. The predicted molar refractivity (Wildman–Crippen MR) is 124 cm³/mol. The lowest BCUT2D eigenvalue weighted by atomic mass is 10.2. The van der Waals surface area contributed by atoms with Crippen LogP contribution in [-0.2, 0) is 14.8 Å². The van der Waals surface area contributed by atoms with Gasteiger partial charge in [-0.05, 0) is 57.4 Å². The van der Waals surface area contributed by atoms with Crippen LogP contribution in [0.25, 0.3) is 0 Å². The summed E-state index contributed by atoms with van der Waals surface area (Å²) in [5.74, 6) is 1.97. The number of hydrogen-bond donors (Lipinski definition) is 3. The third-order valence-corrected chi connectivity index (χ3v) is 5.18. The minimum absolute atomic E-state index is 0.0629. The van der Waals surface area contributed by atoms with Crippen LogP contribution in [0.4, 0.5) is 5.69 Å². The van der Waals surface area contributed by atoms with E-state index in [9.17, 15) is 8.42 Å². The third kappa shape index (κ3) is 12.7. The van der Waals surface area contributed by atoms with Crippen LogP contribution in [0, 0.1) is 5.92 Å². The zero-order valence-electron chi connectivity index (χ0n) is 18.9. The van der Waals surface area contributed by atoms with Crippen molar-refractivity contribution in [1.29, 1.82) is 0 Å². The van der Waals surface area contributed by atoms with Crippen LogP contribution in [0.15, 0.2) is 29.3 Å². The molecule has 0 saturated heterocycles. The van der Waals surface area contributed by atoms with E-state index >= 15 is 0 Å². The monoisotopic (exact) mass is 442 g/mol. The molecular formula is C21H38N4O4S. The Kier molecular flexibility index (Phi) is 12.4. The van der Waals surface area contributed by atoms with E-state index in [1.807, 2.05) is 38.1 Å². The van der Waals surface area contributed by atoms with Gasteiger partial charge < -0.3 is 20.1 Å². The molecule has 1 aromatic rings. The molecule has 9 heteroatoms. The van der Waals surface area contributed by atoms with Crippen LogP contribution in [-0.4, -0.2) is 59.1 Å². The zero-order chi connectivity index (χ0) is 22.4. The van der Waals surface area contributed by atoms with Gasteiger partial charge in [-0.2, -0.15) is 0 Å². The van der Waals surface area contributed by atoms with Gasteiger partial charge >= 0.3 is 0 Å². The second-order valence-electron chi connectivity index (χ2n) is 7.59. The van der Waals surface area contributed by atoms with E-state index in [2.05, 4.69) is 34.2 Å². The Hall–Kier alpha value is -1.84. The summed E-state index contributed by atoms with van der Waals surface area (Å²) in [7, 11) is -3.21. The summed E-state index contributed by atoms with van der Waals surface area (Å²) < 4.78 is 36.9. The summed E-state index contributed by atoms with van der Waals surface area (Å²) in [6, 6.07) is 7.63. The molecule has 0 bridgehead atoms. The SMILES string of the molecule is CCS(=O)(=O)NCCNC(=NCCCOCC(C)C)Nc1ccc(OC(C)C)cc1. The fraction of sp³-hybridized carbons (Fsp3) is 0.667. The normalized spacial score (nSPS) is 12.4. The van der Waals surface area contributed by atoms with Crippen LogP contribution in [0.2, 0.25) is 0 Å². The number of rotatable bonds is 14. The Morgan fingerprint density at radius 1 is 1.10 bits per heavy atom. The van der Waals surface area contributed by atoms with Gasteiger partial charge in [-0.25, -0.2) is 13.1 Å². The summed E-state index contributed by atoms with van der Waals surface area (Å²) in [6.07, 6.45) is 0.927. The molecule has 0 aliphatic rings. The van der Waals surface area contributed by atoms with Crippen molar-refractivity contribution in [2.45, 2.75) is 47.1 Å². The van der Waals surface area contributed by atoms with E-state index in [1.54, 1.807) is 6.92 Å². The Balaban J connectivity index is 2.60. The van der Waals surface area contributed by atoms with Crippen molar-refractivity contribution in [3.05, 3.63) is 24.3 Å². The van der Waals surface area contributed by atoms with E-state index in [0.29, 0.717) is 31.6 Å². The van der Waals surface area contributed by atoms with Gasteiger partial charge in [0.25, 0.3) is 0 Å². The number of nitrogens with zero attached hydrogens (tertiary/aromatic N) is 1. The Morgan fingerprint density at radius 2 is 1.80 bits per heavy atom. The Morgan fingerprint density at radius 3 is 2.40 bits per heavy atom. The summed E-state index contributed by atoms with van der Waals surface area (Å²) >= 11 is 0. The number of nitrogens with one attached hydrogen (secondary N) is 3. The predicted octanol–water partition coefficient (Wildman–Crippen LogP) is 2.83. The van der Waals surface area contributed by atoms with Gasteiger partial charge in [-0.3, -0.25) is 4.99 Å². The first-order chi connectivity index (χ1) is 14.2. The van der Waals surface area contributed by atoms with Crippen LogP contribution in [0.3, 0.4) is 0 Å². The first kappa shape index (κ1) is 26.2. The lowest BCUT2D eigenvalue weighted by Crippen LogP contribution is -2.38. The number of hydrogen-bond acceptors (Lipinski definition) is 5. The van der Waals surface area contributed by atoms with E-state index in [1.165, 1.54) is 0 Å². The Labute approximate surface area is 181 Å². The molecular weight excluding hydrogens is 404 g/mol. The average Bonchev–Trinajstić information content (AvgIpc) is 2.68. The smallest absolute Gasteiger partial charge is 0.211 e. The molecule has 0 heterocycles. The highest BCUT2D eigenvalue weighted by Crippen LogP contribution is 2.16. The maximum atomic E-state index is 11.6.